The Kier molecular flexibility index (Phi) is 10.2. The molecule has 0 heterocycles. The Morgan fingerprint density at radius 1 is 0.939 bits per heavy atom. The van der Waals surface area contributed by atoms with E-state index in [4.69, 9.17) is 9.47 Å². The van der Waals surface area contributed by atoms with Crippen LogP contribution in [0.2, 0.25) is 0 Å². The highest BCUT2D eigenvalue weighted by molar-refractivity contribution is 5.74. The third-order valence-electron chi connectivity index (χ3n) is 6.60. The van der Waals surface area contributed by atoms with E-state index in [9.17, 15) is 9.18 Å². The number of ether oxygens (including phenoxy) is 2. The van der Waals surface area contributed by atoms with Gasteiger partial charge < -0.3 is 9.47 Å². The first kappa shape index (κ1) is 25.3. The molecule has 0 N–H and O–H groups in total. The first-order chi connectivity index (χ1) is 16.1. The molecule has 2 aromatic rings. The Hall–Kier alpha value is -2.36. The fourth-order valence-electron chi connectivity index (χ4n) is 4.48. The summed E-state index contributed by atoms with van der Waals surface area (Å²) in [5.41, 5.74) is 3.77. The maximum Gasteiger partial charge on any atom is 0.340 e. The van der Waals surface area contributed by atoms with Gasteiger partial charge in [-0.1, -0.05) is 63.1 Å². The van der Waals surface area contributed by atoms with E-state index in [2.05, 4.69) is 43.3 Å². The van der Waals surface area contributed by atoms with Crippen molar-refractivity contribution in [1.82, 2.24) is 0 Å². The molecule has 0 aliphatic heterocycles. The smallest absolute Gasteiger partial charge is 0.340 e. The van der Waals surface area contributed by atoms with Crippen LogP contribution in [0, 0.1) is 5.92 Å². The molecule has 33 heavy (non-hydrogen) atoms. The predicted molar refractivity (Wildman–Crippen MR) is 132 cm³/mol. The molecule has 0 spiro atoms. The average molecular weight is 455 g/mol. The largest absolute Gasteiger partial charge is 0.494 e. The van der Waals surface area contributed by atoms with Crippen molar-refractivity contribution in [1.29, 1.82) is 0 Å². The highest BCUT2D eigenvalue weighted by atomic mass is 19.1. The van der Waals surface area contributed by atoms with Gasteiger partial charge in [-0.15, -0.1) is 0 Å². The molecule has 0 amide bonds. The fourth-order valence-corrected chi connectivity index (χ4v) is 4.48. The van der Waals surface area contributed by atoms with E-state index in [-0.39, 0.29) is 12.5 Å². The van der Waals surface area contributed by atoms with Gasteiger partial charge in [0.2, 0.25) is 0 Å². The topological polar surface area (TPSA) is 35.5 Å². The van der Waals surface area contributed by atoms with Crippen LogP contribution >= 0.6 is 0 Å². The quantitative estimate of drug-likeness (QED) is 0.308. The van der Waals surface area contributed by atoms with E-state index in [1.807, 2.05) is 19.1 Å². The lowest BCUT2D eigenvalue weighted by atomic mass is 9.83. The minimum atomic E-state index is -1.46. The van der Waals surface area contributed by atoms with Gasteiger partial charge in [-0.2, -0.15) is 0 Å². The third-order valence-corrected chi connectivity index (χ3v) is 6.60. The van der Waals surface area contributed by atoms with Crippen LogP contribution in [0.15, 0.2) is 48.5 Å². The molecule has 3 rings (SSSR count). The average Bonchev–Trinajstić information content (AvgIpc) is 2.86. The van der Waals surface area contributed by atoms with Crippen molar-refractivity contribution in [3.8, 4) is 16.9 Å². The molecule has 0 bridgehead atoms. The molecule has 0 saturated heterocycles. The van der Waals surface area contributed by atoms with Crippen LogP contribution in [-0.4, -0.2) is 24.9 Å². The highest BCUT2D eigenvalue weighted by Crippen LogP contribution is 2.30. The predicted octanol–water partition coefficient (Wildman–Crippen LogP) is 7.71. The molecule has 0 unspecified atom stereocenters. The van der Waals surface area contributed by atoms with Crippen LogP contribution in [-0.2, 0) is 16.0 Å². The number of rotatable bonds is 12. The number of aryl methyl sites for hydroxylation is 1. The molecule has 1 fully saturated rings. The fraction of sp³-hybridized carbons (Fsp3) is 0.552. The molecule has 0 radical (unpaired) electrons. The highest BCUT2D eigenvalue weighted by Gasteiger charge is 2.27. The van der Waals surface area contributed by atoms with Crippen molar-refractivity contribution in [3.05, 3.63) is 54.1 Å². The number of benzene rings is 2. The minimum Gasteiger partial charge on any atom is -0.494 e. The van der Waals surface area contributed by atoms with Crippen molar-refractivity contribution < 1.29 is 18.7 Å². The molecule has 3 nitrogen and oxygen atoms in total. The van der Waals surface area contributed by atoms with Crippen molar-refractivity contribution in [3.63, 3.8) is 0 Å². The molecule has 180 valence electrons. The first-order valence-electron chi connectivity index (χ1n) is 12.8. The number of carbonyl (C=O) groups is 1. The second-order valence-corrected chi connectivity index (χ2v) is 9.30. The van der Waals surface area contributed by atoms with Crippen LogP contribution in [0.4, 0.5) is 4.39 Å². The van der Waals surface area contributed by atoms with Crippen LogP contribution < -0.4 is 4.74 Å². The normalized spacial score (nSPS) is 19.1. The Labute approximate surface area is 198 Å². The van der Waals surface area contributed by atoms with Crippen LogP contribution in [0.25, 0.3) is 11.1 Å². The van der Waals surface area contributed by atoms with E-state index in [1.165, 1.54) is 16.7 Å². The summed E-state index contributed by atoms with van der Waals surface area (Å²) in [6.45, 7) is 4.85. The second-order valence-electron chi connectivity index (χ2n) is 9.30. The summed E-state index contributed by atoms with van der Waals surface area (Å²) in [4.78, 5) is 11.9. The van der Waals surface area contributed by atoms with Crippen LogP contribution in [0.3, 0.4) is 0 Å². The Balaban J connectivity index is 1.39. The summed E-state index contributed by atoms with van der Waals surface area (Å²) >= 11 is 0. The van der Waals surface area contributed by atoms with Gasteiger partial charge in [0.25, 0.3) is 0 Å². The summed E-state index contributed by atoms with van der Waals surface area (Å²) in [7, 11) is 0. The second kappa shape index (κ2) is 13.4. The van der Waals surface area contributed by atoms with Crippen molar-refractivity contribution >= 4 is 5.97 Å². The number of halogens is 1. The number of unbranched alkanes of at least 4 members (excludes halogenated alkanes) is 1. The SMILES string of the molecule is CCCC[C@H](F)C(=O)OC1CCC(CCc2ccc(-c3ccc(OCCC)cc3)cc2)CC1. The number of carbonyl (C=O) groups excluding carboxylic acids is 1. The molecule has 1 aliphatic carbocycles. The molecular formula is C29H39FO3. The zero-order valence-corrected chi connectivity index (χ0v) is 20.2. The minimum absolute atomic E-state index is 0.105. The van der Waals surface area contributed by atoms with Crippen LogP contribution in [0.1, 0.15) is 77.2 Å². The van der Waals surface area contributed by atoms with Gasteiger partial charge in [0, 0.05) is 0 Å². The first-order valence-corrected chi connectivity index (χ1v) is 12.8. The Morgan fingerprint density at radius 3 is 2.18 bits per heavy atom. The van der Waals surface area contributed by atoms with E-state index >= 15 is 0 Å². The van der Waals surface area contributed by atoms with Crippen molar-refractivity contribution in [2.24, 2.45) is 5.92 Å². The molecular weight excluding hydrogens is 415 g/mol. The molecule has 1 saturated carbocycles. The van der Waals surface area contributed by atoms with E-state index < -0.39 is 12.1 Å². The zero-order valence-electron chi connectivity index (χ0n) is 20.2. The maximum atomic E-state index is 13.8. The molecule has 2 aromatic carbocycles. The van der Waals surface area contributed by atoms with Gasteiger partial charge in [-0.05, 0) is 86.1 Å². The maximum absolute atomic E-state index is 13.8. The Bertz CT molecular complexity index is 823. The number of hydrogen-bond donors (Lipinski definition) is 0. The molecule has 4 heteroatoms. The van der Waals surface area contributed by atoms with Gasteiger partial charge >= 0.3 is 5.97 Å². The van der Waals surface area contributed by atoms with Gasteiger partial charge in [-0.3, -0.25) is 0 Å². The van der Waals surface area contributed by atoms with Gasteiger partial charge in [0.1, 0.15) is 11.9 Å². The van der Waals surface area contributed by atoms with Crippen molar-refractivity contribution in [2.75, 3.05) is 6.61 Å². The lowest BCUT2D eigenvalue weighted by molar-refractivity contribution is -0.157. The molecule has 0 aromatic heterocycles. The number of alkyl halides is 1. The third kappa shape index (κ3) is 8.17. The lowest BCUT2D eigenvalue weighted by Gasteiger charge is -2.28. The van der Waals surface area contributed by atoms with E-state index in [1.54, 1.807) is 0 Å². The van der Waals surface area contributed by atoms with Gasteiger partial charge in [0.15, 0.2) is 6.17 Å². The number of esters is 1. The van der Waals surface area contributed by atoms with Crippen molar-refractivity contribution in [2.45, 2.75) is 90.3 Å². The van der Waals surface area contributed by atoms with Gasteiger partial charge in [0.05, 0.1) is 6.61 Å². The summed E-state index contributed by atoms with van der Waals surface area (Å²) < 4.78 is 24.9. The number of hydrogen-bond acceptors (Lipinski definition) is 3. The monoisotopic (exact) mass is 454 g/mol. The van der Waals surface area contributed by atoms with Crippen LogP contribution in [0.5, 0.6) is 5.75 Å². The zero-order chi connectivity index (χ0) is 23.5. The summed E-state index contributed by atoms with van der Waals surface area (Å²) in [6.07, 6.45) is 7.36. The van der Waals surface area contributed by atoms with Gasteiger partial charge in [-0.25, -0.2) is 9.18 Å². The molecule has 1 aliphatic rings. The Morgan fingerprint density at radius 2 is 1.58 bits per heavy atom. The standard InChI is InChI=1S/C29H39FO3/c1-3-5-6-28(30)29(31)33-27-17-11-23(12-18-27)8-7-22-9-13-24(14-10-22)25-15-19-26(20-16-25)32-21-4-2/h9-10,13-16,19-20,23,27-28H,3-8,11-12,17-18,21H2,1-2H3/t23?,27?,28-/m0/s1. The van der Waals surface area contributed by atoms with E-state index in [0.717, 1.165) is 70.1 Å². The van der Waals surface area contributed by atoms with E-state index in [0.29, 0.717) is 5.92 Å². The summed E-state index contributed by atoms with van der Waals surface area (Å²) in [6, 6.07) is 17.1. The lowest BCUT2D eigenvalue weighted by Crippen LogP contribution is -2.29. The summed E-state index contributed by atoms with van der Waals surface area (Å²) in [5, 5.41) is 0. The molecule has 1 atom stereocenters. The summed E-state index contributed by atoms with van der Waals surface area (Å²) in [5.74, 6) is 0.911.